The Morgan fingerprint density at radius 2 is 1.46 bits per heavy atom. The molecule has 2 unspecified atom stereocenters. The zero-order valence-corrected chi connectivity index (χ0v) is 14.4. The molecule has 2 aliphatic heterocycles. The molecule has 0 saturated heterocycles. The summed E-state index contributed by atoms with van der Waals surface area (Å²) in [6.45, 7) is 0. The second-order valence-electron chi connectivity index (χ2n) is 6.90. The van der Waals surface area contributed by atoms with E-state index in [4.69, 9.17) is 0 Å². The zero-order valence-electron chi connectivity index (χ0n) is 14.4. The van der Waals surface area contributed by atoms with Crippen LogP contribution in [0.25, 0.3) is 0 Å². The van der Waals surface area contributed by atoms with Gasteiger partial charge in [0.1, 0.15) is 0 Å². The monoisotopic (exact) mass is 337 g/mol. The second-order valence-corrected chi connectivity index (χ2v) is 6.90. The Morgan fingerprint density at radius 1 is 0.769 bits per heavy atom. The van der Waals surface area contributed by atoms with E-state index in [1.165, 1.54) is 16.8 Å². The summed E-state index contributed by atoms with van der Waals surface area (Å²) < 4.78 is 0. The maximum atomic E-state index is 12.7. The van der Waals surface area contributed by atoms with Crippen molar-refractivity contribution in [3.8, 4) is 0 Å². The standard InChI is InChI=1S/C24H19NO/c26-23(17-8-3-1-4-9-17)16-18-10-7-13-20-21-14-15-22(24(18)20)25(21)19-11-5-2-6-12-19/h1-15,21-22H,16H2. The minimum Gasteiger partial charge on any atom is -0.350 e. The number of carbonyl (C=O) groups excluding carboxylic acids is 1. The molecule has 0 amide bonds. The van der Waals surface area contributed by atoms with Gasteiger partial charge in [0.05, 0.1) is 12.1 Å². The van der Waals surface area contributed by atoms with E-state index in [2.05, 4.69) is 59.5 Å². The molecule has 0 fully saturated rings. The summed E-state index contributed by atoms with van der Waals surface area (Å²) in [5.41, 5.74) is 5.80. The van der Waals surface area contributed by atoms with Crippen molar-refractivity contribution in [1.29, 1.82) is 0 Å². The molecule has 0 saturated carbocycles. The summed E-state index contributed by atoms with van der Waals surface area (Å²) in [4.78, 5) is 15.2. The van der Waals surface area contributed by atoms with Gasteiger partial charge >= 0.3 is 0 Å². The van der Waals surface area contributed by atoms with Crippen molar-refractivity contribution < 1.29 is 4.79 Å². The van der Waals surface area contributed by atoms with Gasteiger partial charge in [-0.25, -0.2) is 0 Å². The van der Waals surface area contributed by atoms with Gasteiger partial charge in [0.15, 0.2) is 5.78 Å². The van der Waals surface area contributed by atoms with Crippen molar-refractivity contribution in [3.63, 3.8) is 0 Å². The van der Waals surface area contributed by atoms with Gasteiger partial charge in [-0.15, -0.1) is 0 Å². The Labute approximate surface area is 153 Å². The van der Waals surface area contributed by atoms with E-state index in [1.54, 1.807) is 0 Å². The van der Waals surface area contributed by atoms with Gasteiger partial charge in [0, 0.05) is 17.7 Å². The summed E-state index contributed by atoms with van der Waals surface area (Å²) in [6, 6.07) is 27.0. The van der Waals surface area contributed by atoms with Crippen LogP contribution in [0.15, 0.2) is 91.0 Å². The van der Waals surface area contributed by atoms with Crippen LogP contribution in [0.5, 0.6) is 0 Å². The summed E-state index contributed by atoms with van der Waals surface area (Å²) in [5.74, 6) is 0.178. The molecule has 3 aromatic carbocycles. The molecule has 2 aliphatic rings. The van der Waals surface area contributed by atoms with Gasteiger partial charge in [-0.05, 0) is 28.8 Å². The zero-order chi connectivity index (χ0) is 17.5. The molecule has 2 nitrogen and oxygen atoms in total. The average molecular weight is 337 g/mol. The molecule has 2 heteroatoms. The van der Waals surface area contributed by atoms with Crippen LogP contribution in [-0.2, 0) is 6.42 Å². The number of rotatable bonds is 4. The predicted molar refractivity (Wildman–Crippen MR) is 104 cm³/mol. The van der Waals surface area contributed by atoms with E-state index in [1.807, 2.05) is 36.4 Å². The predicted octanol–water partition coefficient (Wildman–Crippen LogP) is 5.28. The third kappa shape index (κ3) is 2.30. The van der Waals surface area contributed by atoms with Crippen LogP contribution >= 0.6 is 0 Å². The number of benzene rings is 3. The number of Topliss-reactive ketones (excluding diaryl/α,β-unsaturated/α-hetero) is 1. The molecule has 5 rings (SSSR count). The molecule has 0 aromatic heterocycles. The van der Waals surface area contributed by atoms with Gasteiger partial charge in [-0.1, -0.05) is 78.9 Å². The normalized spacial score (nSPS) is 19.6. The third-order valence-corrected chi connectivity index (χ3v) is 5.42. The maximum absolute atomic E-state index is 12.7. The Hall–Kier alpha value is -3.13. The molecular formula is C24H19NO. The van der Waals surface area contributed by atoms with E-state index in [-0.39, 0.29) is 17.9 Å². The highest BCUT2D eigenvalue weighted by Gasteiger charge is 2.41. The second kappa shape index (κ2) is 5.99. The first-order valence-corrected chi connectivity index (χ1v) is 9.04. The molecule has 0 N–H and O–H groups in total. The summed E-state index contributed by atoms with van der Waals surface area (Å²) in [5, 5.41) is 0. The molecule has 2 bridgehead atoms. The lowest BCUT2D eigenvalue weighted by Gasteiger charge is -2.25. The largest absolute Gasteiger partial charge is 0.350 e. The minimum absolute atomic E-state index is 0.178. The third-order valence-electron chi connectivity index (χ3n) is 5.42. The van der Waals surface area contributed by atoms with Gasteiger partial charge in [0.2, 0.25) is 0 Å². The van der Waals surface area contributed by atoms with E-state index >= 15 is 0 Å². The first-order valence-electron chi connectivity index (χ1n) is 9.04. The number of para-hydroxylation sites is 1. The van der Waals surface area contributed by atoms with E-state index in [0.717, 1.165) is 11.1 Å². The van der Waals surface area contributed by atoms with Crippen molar-refractivity contribution in [1.82, 2.24) is 0 Å². The molecule has 126 valence electrons. The number of carbonyl (C=O) groups is 1. The van der Waals surface area contributed by atoms with Crippen LogP contribution in [0, 0.1) is 0 Å². The fourth-order valence-corrected chi connectivity index (χ4v) is 4.28. The number of nitrogens with zero attached hydrogens (tertiary/aromatic N) is 1. The van der Waals surface area contributed by atoms with Crippen LogP contribution < -0.4 is 4.90 Å². The molecule has 0 radical (unpaired) electrons. The van der Waals surface area contributed by atoms with Crippen LogP contribution in [-0.4, -0.2) is 5.78 Å². The van der Waals surface area contributed by atoms with E-state index in [9.17, 15) is 4.79 Å². The van der Waals surface area contributed by atoms with Gasteiger partial charge in [0.25, 0.3) is 0 Å². The smallest absolute Gasteiger partial charge is 0.167 e. The van der Waals surface area contributed by atoms with Gasteiger partial charge < -0.3 is 4.90 Å². The maximum Gasteiger partial charge on any atom is 0.167 e. The molecule has 0 aliphatic carbocycles. The number of anilines is 1. The highest BCUT2D eigenvalue weighted by Crippen LogP contribution is 2.51. The van der Waals surface area contributed by atoms with Crippen LogP contribution in [0.2, 0.25) is 0 Å². The lowest BCUT2D eigenvalue weighted by Crippen LogP contribution is -2.19. The van der Waals surface area contributed by atoms with Crippen molar-refractivity contribution >= 4 is 11.5 Å². The van der Waals surface area contributed by atoms with Crippen LogP contribution in [0.4, 0.5) is 5.69 Å². The Bertz CT molecular complexity index is 991. The molecule has 26 heavy (non-hydrogen) atoms. The van der Waals surface area contributed by atoms with Crippen LogP contribution in [0.1, 0.15) is 39.1 Å². The van der Waals surface area contributed by atoms with E-state index in [0.29, 0.717) is 6.42 Å². The molecular weight excluding hydrogens is 318 g/mol. The Morgan fingerprint density at radius 3 is 2.23 bits per heavy atom. The topological polar surface area (TPSA) is 20.3 Å². The first kappa shape index (κ1) is 15.2. The van der Waals surface area contributed by atoms with Gasteiger partial charge in [-0.2, -0.15) is 0 Å². The van der Waals surface area contributed by atoms with Crippen molar-refractivity contribution in [2.45, 2.75) is 18.5 Å². The highest BCUT2D eigenvalue weighted by atomic mass is 16.1. The fraction of sp³-hybridized carbons (Fsp3) is 0.125. The van der Waals surface area contributed by atoms with Gasteiger partial charge in [-0.3, -0.25) is 4.79 Å². The van der Waals surface area contributed by atoms with Crippen molar-refractivity contribution in [2.24, 2.45) is 0 Å². The molecule has 2 atom stereocenters. The van der Waals surface area contributed by atoms with Crippen molar-refractivity contribution in [3.05, 3.63) is 113 Å². The number of hydrogen-bond donors (Lipinski definition) is 0. The summed E-state index contributed by atoms with van der Waals surface area (Å²) >= 11 is 0. The Balaban J connectivity index is 1.51. The molecule has 3 aromatic rings. The lowest BCUT2D eigenvalue weighted by atomic mass is 9.89. The quantitative estimate of drug-likeness (QED) is 0.476. The summed E-state index contributed by atoms with van der Waals surface area (Å²) in [6.07, 6.45) is 5.01. The SMILES string of the molecule is O=C(Cc1cccc2c1C1C=CC2N1c1ccccc1)c1ccccc1. The number of ketones is 1. The fourth-order valence-electron chi connectivity index (χ4n) is 4.28. The number of hydrogen-bond acceptors (Lipinski definition) is 2. The highest BCUT2D eigenvalue weighted by molar-refractivity contribution is 5.97. The molecule has 2 heterocycles. The summed E-state index contributed by atoms with van der Waals surface area (Å²) in [7, 11) is 0. The first-order chi connectivity index (χ1) is 12.8. The van der Waals surface area contributed by atoms with E-state index < -0.39 is 0 Å². The van der Waals surface area contributed by atoms with Crippen molar-refractivity contribution in [2.75, 3.05) is 4.90 Å². The lowest BCUT2D eigenvalue weighted by molar-refractivity contribution is 0.0992. The van der Waals surface area contributed by atoms with Crippen LogP contribution in [0.3, 0.4) is 0 Å². The molecule has 0 spiro atoms. The minimum atomic E-state index is 0.178. The average Bonchev–Trinajstić information content (AvgIpc) is 3.27. The Kier molecular flexibility index (Phi) is 3.49. The number of fused-ring (bicyclic) bond motifs is 5.